The third-order valence-corrected chi connectivity index (χ3v) is 4.73. The van der Waals surface area contributed by atoms with Crippen molar-refractivity contribution in [3.8, 4) is 0 Å². The number of carbonyl (C=O) groups is 1. The number of H-pyrrole nitrogens is 1. The van der Waals surface area contributed by atoms with E-state index in [2.05, 4.69) is 10.2 Å². The van der Waals surface area contributed by atoms with Gasteiger partial charge in [-0.05, 0) is 12.8 Å². The van der Waals surface area contributed by atoms with Gasteiger partial charge in [-0.25, -0.2) is 8.42 Å². The topological polar surface area (TPSA) is 103 Å². The Morgan fingerprint density at radius 1 is 1.65 bits per heavy atom. The molecule has 1 aliphatic heterocycles. The number of nitrogens with zero attached hydrogens (tertiary/aromatic N) is 2. The molecule has 1 unspecified atom stereocenters. The molecule has 94 valence electrons. The highest BCUT2D eigenvalue weighted by Crippen LogP contribution is 2.27. The minimum absolute atomic E-state index is 0.0785. The minimum Gasteiger partial charge on any atom is -0.481 e. The van der Waals surface area contributed by atoms with Gasteiger partial charge >= 0.3 is 5.97 Å². The van der Waals surface area contributed by atoms with Gasteiger partial charge in [-0.15, -0.1) is 0 Å². The van der Waals surface area contributed by atoms with Crippen molar-refractivity contribution in [1.29, 1.82) is 0 Å². The summed E-state index contributed by atoms with van der Waals surface area (Å²) in [5, 5.41) is 14.8. The molecule has 7 nitrogen and oxygen atoms in total. The smallest absolute Gasteiger partial charge is 0.304 e. The maximum atomic E-state index is 12.2. The predicted molar refractivity (Wildman–Crippen MR) is 57.8 cm³/mol. The Morgan fingerprint density at radius 2 is 2.41 bits per heavy atom. The van der Waals surface area contributed by atoms with E-state index in [1.165, 1.54) is 16.7 Å². The first-order valence-electron chi connectivity index (χ1n) is 5.24. The van der Waals surface area contributed by atoms with Gasteiger partial charge in [0.1, 0.15) is 4.90 Å². The average Bonchev–Trinajstić information content (AvgIpc) is 2.85. The van der Waals surface area contributed by atoms with Gasteiger partial charge < -0.3 is 5.11 Å². The number of carboxylic acid groups (broad SMARTS) is 1. The summed E-state index contributed by atoms with van der Waals surface area (Å²) < 4.78 is 25.6. The van der Waals surface area contributed by atoms with Gasteiger partial charge in [-0.1, -0.05) is 0 Å². The number of rotatable bonds is 4. The molecule has 0 aliphatic carbocycles. The lowest BCUT2D eigenvalue weighted by molar-refractivity contribution is -0.137. The molecule has 0 spiro atoms. The van der Waals surface area contributed by atoms with Gasteiger partial charge in [-0.2, -0.15) is 9.40 Å². The van der Waals surface area contributed by atoms with Crippen LogP contribution in [0.4, 0.5) is 0 Å². The molecule has 0 saturated carbocycles. The second-order valence-electron chi connectivity index (χ2n) is 3.94. The predicted octanol–water partition coefficient (Wildman–Crippen LogP) is 0.0375. The van der Waals surface area contributed by atoms with Crippen LogP contribution >= 0.6 is 0 Å². The normalized spacial score (nSPS) is 21.8. The highest BCUT2D eigenvalue weighted by atomic mass is 32.2. The fourth-order valence-corrected chi connectivity index (χ4v) is 3.65. The number of aromatic amines is 1. The fraction of sp³-hybridized carbons (Fsp3) is 0.556. The van der Waals surface area contributed by atoms with E-state index in [0.29, 0.717) is 19.4 Å². The molecule has 1 aromatic heterocycles. The Kier molecular flexibility index (Phi) is 3.16. The van der Waals surface area contributed by atoms with Crippen molar-refractivity contribution >= 4 is 16.0 Å². The lowest BCUT2D eigenvalue weighted by Crippen LogP contribution is -2.36. The standard InChI is InChI=1S/C9H13N3O4S/c13-9(14)4-7-2-1-3-12(7)17(15,16)8-5-10-11-6-8/h5-7H,1-4H2,(H,10,11)(H,13,14). The maximum absolute atomic E-state index is 12.2. The fourth-order valence-electron chi connectivity index (χ4n) is 2.05. The number of aromatic nitrogens is 2. The molecule has 8 heteroatoms. The molecule has 1 aromatic rings. The third-order valence-electron chi connectivity index (χ3n) is 2.81. The number of hydrogen-bond donors (Lipinski definition) is 2. The molecule has 1 fully saturated rings. The summed E-state index contributed by atoms with van der Waals surface area (Å²) in [6.07, 6.45) is 3.65. The lowest BCUT2D eigenvalue weighted by Gasteiger charge is -2.21. The van der Waals surface area contributed by atoms with E-state index in [1.807, 2.05) is 0 Å². The van der Waals surface area contributed by atoms with E-state index in [-0.39, 0.29) is 11.3 Å². The van der Waals surface area contributed by atoms with E-state index in [0.717, 1.165) is 0 Å². The third kappa shape index (κ3) is 2.32. The Labute approximate surface area is 98.5 Å². The van der Waals surface area contributed by atoms with Crippen molar-refractivity contribution < 1.29 is 18.3 Å². The van der Waals surface area contributed by atoms with E-state index in [1.54, 1.807) is 0 Å². The van der Waals surface area contributed by atoms with Gasteiger partial charge in [-0.3, -0.25) is 9.89 Å². The molecule has 2 N–H and O–H groups in total. The number of hydrogen-bond acceptors (Lipinski definition) is 4. The molecule has 1 saturated heterocycles. The van der Waals surface area contributed by atoms with Gasteiger partial charge in [0.15, 0.2) is 0 Å². The molecule has 0 radical (unpaired) electrons. The molecule has 1 atom stereocenters. The van der Waals surface area contributed by atoms with Crippen LogP contribution in [0.5, 0.6) is 0 Å². The summed E-state index contributed by atoms with van der Waals surface area (Å²) in [7, 11) is -3.61. The molecule has 1 aliphatic rings. The van der Waals surface area contributed by atoms with E-state index >= 15 is 0 Å². The zero-order chi connectivity index (χ0) is 12.5. The van der Waals surface area contributed by atoms with Gasteiger partial charge in [0.2, 0.25) is 10.0 Å². The van der Waals surface area contributed by atoms with Crippen LogP contribution in [0.15, 0.2) is 17.3 Å². The van der Waals surface area contributed by atoms with Crippen LogP contribution in [0.3, 0.4) is 0 Å². The van der Waals surface area contributed by atoms with Gasteiger partial charge in [0, 0.05) is 18.8 Å². The molecule has 0 amide bonds. The van der Waals surface area contributed by atoms with E-state index < -0.39 is 22.0 Å². The van der Waals surface area contributed by atoms with Crippen LogP contribution < -0.4 is 0 Å². The van der Waals surface area contributed by atoms with Crippen LogP contribution in [0.25, 0.3) is 0 Å². The van der Waals surface area contributed by atoms with Crippen molar-refractivity contribution in [1.82, 2.24) is 14.5 Å². The average molecular weight is 259 g/mol. The van der Waals surface area contributed by atoms with Crippen LogP contribution in [-0.2, 0) is 14.8 Å². The summed E-state index contributed by atoms with van der Waals surface area (Å²) in [5.74, 6) is -0.982. The van der Waals surface area contributed by atoms with Crippen molar-refractivity contribution in [3.05, 3.63) is 12.4 Å². The Hall–Kier alpha value is -1.41. The summed E-state index contributed by atoms with van der Waals surface area (Å²) >= 11 is 0. The van der Waals surface area contributed by atoms with Gasteiger partial charge in [0.25, 0.3) is 0 Å². The Balaban J connectivity index is 2.24. The number of carboxylic acids is 1. The Morgan fingerprint density at radius 3 is 3.00 bits per heavy atom. The summed E-state index contributed by atoms with van der Waals surface area (Å²) in [5.41, 5.74) is 0. The second-order valence-corrected chi connectivity index (χ2v) is 5.83. The molecule has 17 heavy (non-hydrogen) atoms. The minimum atomic E-state index is -3.61. The van der Waals surface area contributed by atoms with Gasteiger partial charge in [0.05, 0.1) is 12.6 Å². The molecule has 2 heterocycles. The second kappa shape index (κ2) is 4.46. The Bertz CT molecular complexity index is 496. The van der Waals surface area contributed by atoms with Crippen molar-refractivity contribution in [2.45, 2.75) is 30.2 Å². The number of sulfonamides is 1. The highest BCUT2D eigenvalue weighted by molar-refractivity contribution is 7.89. The molecule has 2 rings (SSSR count). The number of aliphatic carboxylic acids is 1. The van der Waals surface area contributed by atoms with Crippen LogP contribution in [0.1, 0.15) is 19.3 Å². The molecular formula is C9H13N3O4S. The first kappa shape index (κ1) is 12.1. The van der Waals surface area contributed by atoms with Crippen molar-refractivity contribution in [2.24, 2.45) is 0 Å². The summed E-state index contributed by atoms with van der Waals surface area (Å²) in [4.78, 5) is 10.8. The largest absolute Gasteiger partial charge is 0.481 e. The van der Waals surface area contributed by atoms with Crippen LogP contribution in [0.2, 0.25) is 0 Å². The zero-order valence-electron chi connectivity index (χ0n) is 9.04. The first-order valence-corrected chi connectivity index (χ1v) is 6.68. The van der Waals surface area contributed by atoms with Crippen LogP contribution in [0, 0.1) is 0 Å². The highest BCUT2D eigenvalue weighted by Gasteiger charge is 2.36. The molecule has 0 aromatic carbocycles. The lowest BCUT2D eigenvalue weighted by atomic mass is 10.2. The summed E-state index contributed by atoms with van der Waals surface area (Å²) in [6.45, 7) is 0.367. The molecular weight excluding hydrogens is 246 g/mol. The molecule has 0 bridgehead atoms. The first-order chi connectivity index (χ1) is 8.01. The number of nitrogens with one attached hydrogen (secondary N) is 1. The quantitative estimate of drug-likeness (QED) is 0.794. The maximum Gasteiger partial charge on any atom is 0.304 e. The van der Waals surface area contributed by atoms with E-state index in [4.69, 9.17) is 5.11 Å². The monoisotopic (exact) mass is 259 g/mol. The van der Waals surface area contributed by atoms with Crippen molar-refractivity contribution in [2.75, 3.05) is 6.54 Å². The van der Waals surface area contributed by atoms with Crippen LogP contribution in [-0.4, -0.2) is 46.6 Å². The SMILES string of the molecule is O=C(O)CC1CCCN1S(=O)(=O)c1cn[nH]c1. The zero-order valence-corrected chi connectivity index (χ0v) is 9.85. The summed E-state index contributed by atoms with van der Waals surface area (Å²) in [6, 6.07) is -0.451. The van der Waals surface area contributed by atoms with Crippen molar-refractivity contribution in [3.63, 3.8) is 0 Å². The van der Waals surface area contributed by atoms with E-state index in [9.17, 15) is 13.2 Å².